The number of hydrogen-bond donors (Lipinski definition) is 0. The van der Waals surface area contributed by atoms with Gasteiger partial charge in [-0.25, -0.2) is 0 Å². The molecule has 0 N–H and O–H groups in total. The summed E-state index contributed by atoms with van der Waals surface area (Å²) in [6.45, 7) is 4.33. The third kappa shape index (κ3) is 1.61. The summed E-state index contributed by atoms with van der Waals surface area (Å²) in [6, 6.07) is 4.80. The van der Waals surface area contributed by atoms with Gasteiger partial charge in [-0.2, -0.15) is 5.10 Å². The lowest BCUT2D eigenvalue weighted by molar-refractivity contribution is 0.649. The molecule has 0 saturated heterocycles. The zero-order chi connectivity index (χ0) is 11.3. The normalized spacial score (nSPS) is 16.2. The second-order valence-electron chi connectivity index (χ2n) is 4.93. The van der Waals surface area contributed by atoms with Gasteiger partial charge < -0.3 is 0 Å². The second-order valence-corrected chi connectivity index (χ2v) is 5.33. The van der Waals surface area contributed by atoms with Gasteiger partial charge in [-0.1, -0.05) is 25.4 Å². The van der Waals surface area contributed by atoms with Gasteiger partial charge in [0.2, 0.25) is 0 Å². The monoisotopic (exact) mass is 234 g/mol. The van der Waals surface area contributed by atoms with E-state index in [1.165, 1.54) is 23.8 Å². The molecule has 1 aromatic heterocycles. The molecule has 1 aliphatic rings. The first-order valence-electron chi connectivity index (χ1n) is 5.83. The molecule has 1 fully saturated rings. The number of fused-ring (bicyclic) bond motifs is 1. The van der Waals surface area contributed by atoms with Crippen molar-refractivity contribution in [3.05, 3.63) is 28.9 Å². The van der Waals surface area contributed by atoms with Crippen LogP contribution in [0.25, 0.3) is 10.9 Å². The maximum atomic E-state index is 6.25. The van der Waals surface area contributed by atoms with E-state index in [2.05, 4.69) is 35.9 Å². The van der Waals surface area contributed by atoms with E-state index in [1.54, 1.807) is 0 Å². The van der Waals surface area contributed by atoms with Crippen LogP contribution in [0.4, 0.5) is 0 Å². The molecule has 0 atom stereocenters. The summed E-state index contributed by atoms with van der Waals surface area (Å²) in [6.07, 6.45) is 4.67. The van der Waals surface area contributed by atoms with E-state index >= 15 is 0 Å². The summed E-state index contributed by atoms with van der Waals surface area (Å²) in [7, 11) is 0. The second kappa shape index (κ2) is 3.49. The number of halogens is 1. The molecule has 0 aliphatic heterocycles. The van der Waals surface area contributed by atoms with Gasteiger partial charge in [0, 0.05) is 16.6 Å². The third-order valence-corrected chi connectivity index (χ3v) is 3.51. The average molecular weight is 235 g/mol. The summed E-state index contributed by atoms with van der Waals surface area (Å²) >= 11 is 6.25. The number of aromatic nitrogens is 2. The van der Waals surface area contributed by atoms with Gasteiger partial charge in [0.05, 0.1) is 11.6 Å². The fourth-order valence-electron chi connectivity index (χ4n) is 2.05. The summed E-state index contributed by atoms with van der Waals surface area (Å²) in [5.74, 6) is 0.459. The number of benzene rings is 1. The Morgan fingerprint density at radius 3 is 2.75 bits per heavy atom. The van der Waals surface area contributed by atoms with E-state index in [0.717, 1.165) is 10.5 Å². The predicted molar refractivity (Wildman–Crippen MR) is 67.1 cm³/mol. The van der Waals surface area contributed by atoms with Crippen LogP contribution in [0.5, 0.6) is 0 Å². The molecule has 1 saturated carbocycles. The Kier molecular flexibility index (Phi) is 2.21. The molecule has 3 heteroatoms. The fourth-order valence-corrected chi connectivity index (χ4v) is 2.43. The van der Waals surface area contributed by atoms with E-state index in [0.29, 0.717) is 12.0 Å². The Balaban J connectivity index is 2.15. The van der Waals surface area contributed by atoms with Crippen LogP contribution in [0.3, 0.4) is 0 Å². The molecule has 2 nitrogen and oxygen atoms in total. The lowest BCUT2D eigenvalue weighted by Gasteiger charge is -2.07. The SMILES string of the molecule is CC(C)c1cc2cn(C3CC3)nc2cc1Cl. The number of hydrogen-bond acceptors (Lipinski definition) is 1. The Morgan fingerprint density at radius 1 is 1.38 bits per heavy atom. The van der Waals surface area contributed by atoms with Crippen molar-refractivity contribution >= 4 is 22.5 Å². The molecular formula is C13H15ClN2. The van der Waals surface area contributed by atoms with E-state index in [-0.39, 0.29) is 0 Å². The molecule has 0 radical (unpaired) electrons. The maximum absolute atomic E-state index is 6.25. The van der Waals surface area contributed by atoms with Crippen molar-refractivity contribution < 1.29 is 0 Å². The molecular weight excluding hydrogens is 220 g/mol. The Bertz CT molecular complexity index is 538. The Morgan fingerprint density at radius 2 is 2.12 bits per heavy atom. The minimum absolute atomic E-state index is 0.459. The van der Waals surface area contributed by atoms with Crippen LogP contribution in [-0.2, 0) is 0 Å². The molecule has 0 amide bonds. The van der Waals surface area contributed by atoms with Gasteiger partial charge in [-0.05, 0) is 36.5 Å². The van der Waals surface area contributed by atoms with Crippen molar-refractivity contribution in [1.82, 2.24) is 9.78 Å². The van der Waals surface area contributed by atoms with E-state index in [9.17, 15) is 0 Å². The van der Waals surface area contributed by atoms with E-state index in [4.69, 9.17) is 11.6 Å². The number of nitrogens with zero attached hydrogens (tertiary/aromatic N) is 2. The quantitative estimate of drug-likeness (QED) is 0.763. The highest BCUT2D eigenvalue weighted by Crippen LogP contribution is 2.36. The van der Waals surface area contributed by atoms with E-state index in [1.807, 2.05) is 6.07 Å². The molecule has 0 spiro atoms. The highest BCUT2D eigenvalue weighted by molar-refractivity contribution is 6.32. The molecule has 1 aromatic carbocycles. The fraction of sp³-hybridized carbons (Fsp3) is 0.462. The van der Waals surface area contributed by atoms with Gasteiger partial charge in [0.15, 0.2) is 0 Å². The van der Waals surface area contributed by atoms with Crippen LogP contribution in [0, 0.1) is 0 Å². The molecule has 1 heterocycles. The molecule has 0 unspecified atom stereocenters. The van der Waals surface area contributed by atoms with Crippen LogP contribution >= 0.6 is 11.6 Å². The van der Waals surface area contributed by atoms with Crippen LogP contribution in [0.2, 0.25) is 5.02 Å². The summed E-state index contributed by atoms with van der Waals surface area (Å²) in [5, 5.41) is 6.61. The van der Waals surface area contributed by atoms with Crippen molar-refractivity contribution in [2.24, 2.45) is 0 Å². The summed E-state index contributed by atoms with van der Waals surface area (Å²) in [4.78, 5) is 0. The minimum Gasteiger partial charge on any atom is -0.268 e. The predicted octanol–water partition coefficient (Wildman–Crippen LogP) is 4.15. The van der Waals surface area contributed by atoms with Crippen LogP contribution < -0.4 is 0 Å². The Hall–Kier alpha value is -1.02. The standard InChI is InChI=1S/C13H15ClN2/c1-8(2)11-5-9-7-16(10-3-4-10)15-13(9)6-12(11)14/h5-8,10H,3-4H2,1-2H3. The van der Waals surface area contributed by atoms with Gasteiger partial charge in [-0.3, -0.25) is 4.68 Å². The van der Waals surface area contributed by atoms with Gasteiger partial charge in [-0.15, -0.1) is 0 Å². The largest absolute Gasteiger partial charge is 0.268 e. The minimum atomic E-state index is 0.459. The molecule has 1 aliphatic carbocycles. The highest BCUT2D eigenvalue weighted by Gasteiger charge is 2.24. The Labute approximate surface area is 100 Å². The molecule has 3 rings (SSSR count). The van der Waals surface area contributed by atoms with Crippen molar-refractivity contribution in [2.45, 2.75) is 38.6 Å². The molecule has 84 valence electrons. The van der Waals surface area contributed by atoms with E-state index < -0.39 is 0 Å². The maximum Gasteiger partial charge on any atom is 0.0938 e. The smallest absolute Gasteiger partial charge is 0.0938 e. The zero-order valence-corrected chi connectivity index (χ0v) is 10.3. The van der Waals surface area contributed by atoms with Gasteiger partial charge in [0.1, 0.15) is 0 Å². The van der Waals surface area contributed by atoms with Crippen molar-refractivity contribution in [1.29, 1.82) is 0 Å². The number of rotatable bonds is 2. The van der Waals surface area contributed by atoms with Crippen molar-refractivity contribution in [2.75, 3.05) is 0 Å². The van der Waals surface area contributed by atoms with Crippen molar-refractivity contribution in [3.8, 4) is 0 Å². The molecule has 0 bridgehead atoms. The summed E-state index contributed by atoms with van der Waals surface area (Å²) < 4.78 is 2.09. The van der Waals surface area contributed by atoms with Crippen LogP contribution in [-0.4, -0.2) is 9.78 Å². The first kappa shape index (κ1) is 10.2. The van der Waals surface area contributed by atoms with Crippen molar-refractivity contribution in [3.63, 3.8) is 0 Å². The van der Waals surface area contributed by atoms with Gasteiger partial charge in [0.25, 0.3) is 0 Å². The topological polar surface area (TPSA) is 17.8 Å². The highest BCUT2D eigenvalue weighted by atomic mass is 35.5. The molecule has 16 heavy (non-hydrogen) atoms. The first-order valence-corrected chi connectivity index (χ1v) is 6.21. The lowest BCUT2D eigenvalue weighted by Crippen LogP contribution is -1.92. The summed E-state index contributed by atoms with van der Waals surface area (Å²) in [5.41, 5.74) is 2.23. The molecule has 2 aromatic rings. The average Bonchev–Trinajstić information content (AvgIpc) is 2.98. The third-order valence-electron chi connectivity index (χ3n) is 3.18. The van der Waals surface area contributed by atoms with Crippen LogP contribution in [0.15, 0.2) is 18.3 Å². The van der Waals surface area contributed by atoms with Crippen LogP contribution in [0.1, 0.15) is 44.2 Å². The lowest BCUT2D eigenvalue weighted by atomic mass is 10.0. The first-order chi connectivity index (χ1) is 7.65. The van der Waals surface area contributed by atoms with Gasteiger partial charge >= 0.3 is 0 Å². The zero-order valence-electron chi connectivity index (χ0n) is 9.57.